The van der Waals surface area contributed by atoms with Crippen molar-refractivity contribution in [2.75, 3.05) is 0 Å². The Morgan fingerprint density at radius 2 is 1.95 bits per heavy atom. The van der Waals surface area contributed by atoms with Gasteiger partial charge in [-0.25, -0.2) is 0 Å². The van der Waals surface area contributed by atoms with E-state index in [0.29, 0.717) is 15.7 Å². The number of phenolic OH excluding ortho intramolecular Hbond substituents is 1. The molecule has 0 fully saturated rings. The van der Waals surface area contributed by atoms with Gasteiger partial charge in [0.05, 0.1) is 10.6 Å². The number of aromatic hydroxyl groups is 1. The molecule has 0 spiro atoms. The molecule has 2 aromatic carbocycles. The second-order valence-electron chi connectivity index (χ2n) is 3.85. The number of halogens is 2. The first-order chi connectivity index (χ1) is 9.47. The average Bonchev–Trinajstić information content (AvgIpc) is 2.40. The van der Waals surface area contributed by atoms with Crippen LogP contribution in [0, 0.1) is 10.1 Å². The van der Waals surface area contributed by atoms with E-state index in [9.17, 15) is 15.2 Å². The smallest absolute Gasteiger partial charge is 0.270 e. The number of non-ortho nitro benzene ring substituents is 1. The molecular formula is C13H8Br2N2O3. The zero-order chi connectivity index (χ0) is 14.7. The van der Waals surface area contributed by atoms with E-state index < -0.39 is 4.92 Å². The minimum absolute atomic E-state index is 0.0128. The number of nitrogens with zero attached hydrogens (tertiary/aromatic N) is 2. The van der Waals surface area contributed by atoms with Gasteiger partial charge in [0.1, 0.15) is 5.75 Å². The van der Waals surface area contributed by atoms with Crippen LogP contribution in [-0.2, 0) is 0 Å². The number of rotatable bonds is 3. The molecule has 2 aromatic rings. The second-order valence-corrected chi connectivity index (χ2v) is 5.62. The van der Waals surface area contributed by atoms with Crippen molar-refractivity contribution in [3.8, 4) is 5.75 Å². The Morgan fingerprint density at radius 3 is 2.60 bits per heavy atom. The third kappa shape index (κ3) is 3.43. The molecule has 102 valence electrons. The molecule has 0 radical (unpaired) electrons. The lowest BCUT2D eigenvalue weighted by atomic mass is 10.2. The van der Waals surface area contributed by atoms with Crippen LogP contribution in [0.2, 0.25) is 0 Å². The number of nitro groups is 1. The number of benzene rings is 2. The molecule has 2 rings (SSSR count). The van der Waals surface area contributed by atoms with Crippen LogP contribution in [0.5, 0.6) is 5.75 Å². The van der Waals surface area contributed by atoms with Crippen LogP contribution in [-0.4, -0.2) is 16.2 Å². The molecule has 0 aliphatic carbocycles. The topological polar surface area (TPSA) is 75.7 Å². The molecule has 0 aliphatic heterocycles. The van der Waals surface area contributed by atoms with Crippen LogP contribution in [0.25, 0.3) is 0 Å². The summed E-state index contributed by atoms with van der Waals surface area (Å²) in [6.07, 6.45) is 1.49. The van der Waals surface area contributed by atoms with Gasteiger partial charge >= 0.3 is 0 Å². The Hall–Kier alpha value is -1.73. The summed E-state index contributed by atoms with van der Waals surface area (Å²) in [5.74, 6) is 0.106. The van der Waals surface area contributed by atoms with Crippen LogP contribution in [0.4, 0.5) is 11.4 Å². The standard InChI is InChI=1S/C13H8Br2N2O3/c14-9-1-4-13(18)8(5-9)7-16-12-3-2-10(17(19)20)6-11(12)15/h1-7,18H. The first kappa shape index (κ1) is 14.7. The van der Waals surface area contributed by atoms with Crippen molar-refractivity contribution in [3.05, 3.63) is 61.0 Å². The third-order valence-electron chi connectivity index (χ3n) is 2.47. The van der Waals surface area contributed by atoms with Crippen molar-refractivity contribution < 1.29 is 10.0 Å². The number of hydrogen-bond donors (Lipinski definition) is 1. The van der Waals surface area contributed by atoms with Gasteiger partial charge < -0.3 is 5.11 Å². The molecule has 0 aromatic heterocycles. The predicted octanol–water partition coefficient (Wildman–Crippen LogP) is 4.58. The summed E-state index contributed by atoms with van der Waals surface area (Å²) in [5, 5.41) is 20.3. The van der Waals surface area contributed by atoms with Crippen molar-refractivity contribution in [2.45, 2.75) is 0 Å². The number of nitro benzene ring substituents is 1. The molecule has 0 aliphatic rings. The van der Waals surface area contributed by atoms with Crippen molar-refractivity contribution in [3.63, 3.8) is 0 Å². The monoisotopic (exact) mass is 398 g/mol. The van der Waals surface area contributed by atoms with Gasteiger partial charge in [-0.15, -0.1) is 0 Å². The highest BCUT2D eigenvalue weighted by Crippen LogP contribution is 2.30. The van der Waals surface area contributed by atoms with Gasteiger partial charge in [0, 0.05) is 32.9 Å². The number of aliphatic imine (C=N–C) groups is 1. The molecular weight excluding hydrogens is 392 g/mol. The van der Waals surface area contributed by atoms with Crippen molar-refractivity contribution >= 4 is 49.4 Å². The largest absolute Gasteiger partial charge is 0.507 e. The van der Waals surface area contributed by atoms with Gasteiger partial charge in [0.15, 0.2) is 0 Å². The predicted molar refractivity (Wildman–Crippen MR) is 83.9 cm³/mol. The average molecular weight is 400 g/mol. The quantitative estimate of drug-likeness (QED) is 0.466. The van der Waals surface area contributed by atoms with Crippen LogP contribution < -0.4 is 0 Å². The van der Waals surface area contributed by atoms with Gasteiger partial charge in [0.25, 0.3) is 5.69 Å². The molecule has 20 heavy (non-hydrogen) atoms. The summed E-state index contributed by atoms with van der Waals surface area (Å²) < 4.78 is 1.33. The molecule has 0 heterocycles. The maximum absolute atomic E-state index is 10.6. The Labute approximate surface area is 131 Å². The van der Waals surface area contributed by atoms with E-state index in [1.54, 1.807) is 18.2 Å². The fourth-order valence-corrected chi connectivity index (χ4v) is 2.33. The van der Waals surface area contributed by atoms with E-state index in [0.717, 1.165) is 4.47 Å². The Bertz CT molecular complexity index is 702. The maximum atomic E-state index is 10.6. The third-order valence-corrected chi connectivity index (χ3v) is 3.60. The van der Waals surface area contributed by atoms with Crippen molar-refractivity contribution in [1.82, 2.24) is 0 Å². The van der Waals surface area contributed by atoms with Gasteiger partial charge in [-0.3, -0.25) is 15.1 Å². The van der Waals surface area contributed by atoms with Crippen molar-refractivity contribution in [2.24, 2.45) is 4.99 Å². The first-order valence-electron chi connectivity index (χ1n) is 5.44. The molecule has 7 heteroatoms. The lowest BCUT2D eigenvalue weighted by Gasteiger charge is -2.01. The summed E-state index contributed by atoms with van der Waals surface area (Å²) in [6, 6.07) is 9.28. The highest BCUT2D eigenvalue weighted by atomic mass is 79.9. The van der Waals surface area contributed by atoms with E-state index in [1.807, 2.05) is 0 Å². The fourth-order valence-electron chi connectivity index (χ4n) is 1.48. The van der Waals surface area contributed by atoms with E-state index >= 15 is 0 Å². The lowest BCUT2D eigenvalue weighted by Crippen LogP contribution is -1.87. The highest BCUT2D eigenvalue weighted by Gasteiger charge is 2.08. The van der Waals surface area contributed by atoms with Crippen molar-refractivity contribution in [1.29, 1.82) is 0 Å². The summed E-state index contributed by atoms with van der Waals surface area (Å²) in [6.45, 7) is 0. The number of hydrogen-bond acceptors (Lipinski definition) is 4. The molecule has 0 amide bonds. The maximum Gasteiger partial charge on any atom is 0.270 e. The molecule has 5 nitrogen and oxygen atoms in total. The minimum Gasteiger partial charge on any atom is -0.507 e. The van der Waals surface area contributed by atoms with Gasteiger partial charge in [-0.05, 0) is 40.2 Å². The normalized spacial score (nSPS) is 10.9. The first-order valence-corrected chi connectivity index (χ1v) is 7.02. The van der Waals surface area contributed by atoms with Crippen LogP contribution >= 0.6 is 31.9 Å². The molecule has 0 saturated carbocycles. The molecule has 0 unspecified atom stereocenters. The zero-order valence-electron chi connectivity index (χ0n) is 9.96. The van der Waals surface area contributed by atoms with Crippen LogP contribution in [0.15, 0.2) is 50.3 Å². The van der Waals surface area contributed by atoms with E-state index in [1.165, 1.54) is 24.4 Å². The Balaban J connectivity index is 2.32. The fraction of sp³-hybridized carbons (Fsp3) is 0. The highest BCUT2D eigenvalue weighted by molar-refractivity contribution is 9.10. The Morgan fingerprint density at radius 1 is 1.20 bits per heavy atom. The second kappa shape index (κ2) is 6.15. The minimum atomic E-state index is -0.474. The SMILES string of the molecule is O=[N+]([O-])c1ccc(N=Cc2cc(Br)ccc2O)c(Br)c1. The van der Waals surface area contributed by atoms with Gasteiger partial charge in [-0.1, -0.05) is 15.9 Å². The van der Waals surface area contributed by atoms with Crippen LogP contribution in [0.1, 0.15) is 5.56 Å². The summed E-state index contributed by atoms with van der Waals surface area (Å²) in [5.41, 5.74) is 1.07. The summed E-state index contributed by atoms with van der Waals surface area (Å²) in [7, 11) is 0. The van der Waals surface area contributed by atoms with E-state index in [-0.39, 0.29) is 11.4 Å². The van der Waals surface area contributed by atoms with Gasteiger partial charge in [-0.2, -0.15) is 0 Å². The molecule has 1 N–H and O–H groups in total. The van der Waals surface area contributed by atoms with E-state index in [2.05, 4.69) is 36.9 Å². The van der Waals surface area contributed by atoms with Gasteiger partial charge in [0.2, 0.25) is 0 Å². The summed E-state index contributed by atoms with van der Waals surface area (Å²) >= 11 is 6.54. The van der Waals surface area contributed by atoms with E-state index in [4.69, 9.17) is 0 Å². The van der Waals surface area contributed by atoms with Crippen LogP contribution in [0.3, 0.4) is 0 Å². The number of phenols is 1. The zero-order valence-corrected chi connectivity index (χ0v) is 13.1. The Kier molecular flexibility index (Phi) is 4.51. The molecule has 0 atom stereocenters. The molecule has 0 saturated heterocycles. The lowest BCUT2D eigenvalue weighted by molar-refractivity contribution is -0.384. The summed E-state index contributed by atoms with van der Waals surface area (Å²) in [4.78, 5) is 14.4. The molecule has 0 bridgehead atoms.